The topological polar surface area (TPSA) is 64.7 Å². The van der Waals surface area contributed by atoms with E-state index in [1.807, 2.05) is 6.07 Å². The van der Waals surface area contributed by atoms with Gasteiger partial charge in [-0.1, -0.05) is 17.7 Å². The highest BCUT2D eigenvalue weighted by atomic mass is 35.5. The Bertz CT molecular complexity index is 397. The summed E-state index contributed by atoms with van der Waals surface area (Å²) in [7, 11) is 0. The van der Waals surface area contributed by atoms with E-state index in [-0.39, 0.29) is 18.8 Å². The number of fused-ring (bicyclic) bond motifs is 1. The number of ether oxygens (including phenoxy) is 2. The van der Waals surface area contributed by atoms with Crippen LogP contribution in [0.25, 0.3) is 0 Å². The van der Waals surface area contributed by atoms with Gasteiger partial charge >= 0.3 is 0 Å². The molecule has 1 aromatic carbocycles. The Balaban J connectivity index is 2.10. The second-order valence-electron chi connectivity index (χ2n) is 4.24. The lowest BCUT2D eigenvalue weighted by Gasteiger charge is -2.31. The Kier molecular flexibility index (Phi) is 3.89. The first-order valence-electron chi connectivity index (χ1n) is 5.55. The third-order valence-corrected chi connectivity index (χ3v) is 2.92. The molecule has 0 unspecified atom stereocenters. The van der Waals surface area contributed by atoms with E-state index in [2.05, 4.69) is 0 Å². The van der Waals surface area contributed by atoms with Gasteiger partial charge in [0.05, 0.1) is 18.8 Å². The van der Waals surface area contributed by atoms with Crippen LogP contribution in [-0.4, -0.2) is 30.5 Å². The molecule has 0 fully saturated rings. The minimum atomic E-state index is -0.506. The van der Waals surface area contributed by atoms with Gasteiger partial charge in [-0.15, -0.1) is 0 Å². The molecular weight excluding hydrogens is 242 g/mol. The van der Waals surface area contributed by atoms with E-state index < -0.39 is 6.10 Å². The summed E-state index contributed by atoms with van der Waals surface area (Å²) in [6, 6.07) is 5.12. The molecular formula is C12H16ClNO3. The fraction of sp³-hybridized carbons (Fsp3) is 0.500. The highest BCUT2D eigenvalue weighted by Gasteiger charge is 2.29. The molecule has 0 saturated carbocycles. The minimum Gasteiger partial charge on any atom is -0.490 e. The molecule has 1 aromatic rings. The molecule has 4 nitrogen and oxygen atoms in total. The lowest BCUT2D eigenvalue weighted by atomic mass is 9.99. The monoisotopic (exact) mass is 257 g/mol. The number of halogens is 1. The second kappa shape index (κ2) is 5.23. The van der Waals surface area contributed by atoms with Crippen molar-refractivity contribution in [2.75, 3.05) is 13.2 Å². The normalized spacial score (nSPS) is 24.9. The molecule has 1 heterocycles. The Labute approximate surface area is 105 Å². The van der Waals surface area contributed by atoms with Crippen molar-refractivity contribution in [2.24, 2.45) is 5.73 Å². The maximum atomic E-state index is 9.18. The van der Waals surface area contributed by atoms with Crippen LogP contribution in [0.2, 0.25) is 5.02 Å². The minimum absolute atomic E-state index is 0.238. The summed E-state index contributed by atoms with van der Waals surface area (Å²) in [5.74, 6) is 0.710. The van der Waals surface area contributed by atoms with Crippen LogP contribution >= 0.6 is 11.6 Å². The molecule has 1 aliphatic rings. The molecule has 3 atom stereocenters. The van der Waals surface area contributed by atoms with Crippen molar-refractivity contribution in [3.63, 3.8) is 0 Å². The van der Waals surface area contributed by atoms with E-state index in [0.717, 1.165) is 5.56 Å². The van der Waals surface area contributed by atoms with Crippen molar-refractivity contribution >= 4 is 11.6 Å². The molecule has 0 aliphatic carbocycles. The zero-order valence-corrected chi connectivity index (χ0v) is 10.4. The number of aliphatic hydroxyl groups is 1. The summed E-state index contributed by atoms with van der Waals surface area (Å²) < 4.78 is 11.1. The summed E-state index contributed by atoms with van der Waals surface area (Å²) in [5.41, 5.74) is 6.98. The van der Waals surface area contributed by atoms with Gasteiger partial charge in [0.25, 0.3) is 0 Å². The van der Waals surface area contributed by atoms with Crippen molar-refractivity contribution < 1.29 is 14.6 Å². The smallest absolute Gasteiger partial charge is 0.125 e. The van der Waals surface area contributed by atoms with Gasteiger partial charge in [-0.2, -0.15) is 0 Å². The van der Waals surface area contributed by atoms with Crippen LogP contribution in [0.5, 0.6) is 5.75 Å². The number of benzene rings is 1. The average Bonchev–Trinajstić information content (AvgIpc) is 2.27. The molecule has 0 aromatic heterocycles. The van der Waals surface area contributed by atoms with Crippen LogP contribution in [0.3, 0.4) is 0 Å². The van der Waals surface area contributed by atoms with Crippen LogP contribution in [0, 0.1) is 0 Å². The van der Waals surface area contributed by atoms with E-state index in [1.165, 1.54) is 0 Å². The highest BCUT2D eigenvalue weighted by molar-refractivity contribution is 6.30. The third-order valence-electron chi connectivity index (χ3n) is 2.69. The van der Waals surface area contributed by atoms with Crippen molar-refractivity contribution in [3.8, 4) is 5.75 Å². The summed E-state index contributed by atoms with van der Waals surface area (Å²) in [6.07, 6.45) is -0.743. The molecule has 0 amide bonds. The van der Waals surface area contributed by atoms with Crippen LogP contribution in [0.4, 0.5) is 0 Å². The van der Waals surface area contributed by atoms with Crippen LogP contribution in [0.15, 0.2) is 18.2 Å². The maximum Gasteiger partial charge on any atom is 0.125 e. The molecule has 17 heavy (non-hydrogen) atoms. The van der Waals surface area contributed by atoms with Gasteiger partial charge < -0.3 is 20.3 Å². The Morgan fingerprint density at radius 1 is 1.65 bits per heavy atom. The quantitative estimate of drug-likeness (QED) is 0.861. The Hall–Kier alpha value is -0.810. The van der Waals surface area contributed by atoms with Crippen LogP contribution in [0.1, 0.15) is 18.5 Å². The average molecular weight is 258 g/mol. The van der Waals surface area contributed by atoms with Gasteiger partial charge in [0.1, 0.15) is 18.5 Å². The SMILES string of the molecule is C[C@H](O)CO[C@@H]1COc2cc(Cl)ccc2[C@@H]1N. The Morgan fingerprint density at radius 2 is 2.41 bits per heavy atom. The van der Waals surface area contributed by atoms with E-state index in [0.29, 0.717) is 17.4 Å². The van der Waals surface area contributed by atoms with E-state index in [4.69, 9.17) is 26.8 Å². The Morgan fingerprint density at radius 3 is 3.12 bits per heavy atom. The van der Waals surface area contributed by atoms with Gasteiger partial charge in [0.2, 0.25) is 0 Å². The zero-order chi connectivity index (χ0) is 12.4. The van der Waals surface area contributed by atoms with Gasteiger partial charge in [-0.3, -0.25) is 0 Å². The second-order valence-corrected chi connectivity index (χ2v) is 4.68. The van der Waals surface area contributed by atoms with E-state index >= 15 is 0 Å². The fourth-order valence-corrected chi connectivity index (χ4v) is 1.96. The summed E-state index contributed by atoms with van der Waals surface area (Å²) in [5, 5.41) is 9.80. The molecule has 1 aliphatic heterocycles. The summed E-state index contributed by atoms with van der Waals surface area (Å²) >= 11 is 5.88. The molecule has 5 heteroatoms. The van der Waals surface area contributed by atoms with E-state index in [1.54, 1.807) is 19.1 Å². The van der Waals surface area contributed by atoms with Crippen LogP contribution in [-0.2, 0) is 4.74 Å². The number of hydrogen-bond donors (Lipinski definition) is 2. The standard InChI is InChI=1S/C12H16ClNO3/c1-7(15)5-16-11-6-17-10-4-8(13)2-3-9(10)12(11)14/h2-4,7,11-12,15H,5-6,14H2,1H3/t7-,11+,12-/m0/s1. The number of aliphatic hydroxyl groups excluding tert-OH is 1. The number of hydrogen-bond acceptors (Lipinski definition) is 4. The van der Waals surface area contributed by atoms with Crippen LogP contribution < -0.4 is 10.5 Å². The summed E-state index contributed by atoms with van der Waals surface area (Å²) in [6.45, 7) is 2.30. The molecule has 94 valence electrons. The molecule has 2 rings (SSSR count). The molecule has 0 radical (unpaired) electrons. The summed E-state index contributed by atoms with van der Waals surface area (Å²) in [4.78, 5) is 0. The number of nitrogens with two attached hydrogens (primary N) is 1. The third kappa shape index (κ3) is 2.90. The predicted octanol–water partition coefficient (Wildman–Crippen LogP) is 1.50. The maximum absolute atomic E-state index is 9.18. The van der Waals surface area contributed by atoms with Gasteiger partial charge in [-0.25, -0.2) is 0 Å². The van der Waals surface area contributed by atoms with Crippen molar-refractivity contribution in [1.29, 1.82) is 0 Å². The highest BCUT2D eigenvalue weighted by Crippen LogP contribution is 2.33. The lowest BCUT2D eigenvalue weighted by molar-refractivity contribution is -0.0409. The first kappa shape index (κ1) is 12.6. The van der Waals surface area contributed by atoms with Gasteiger partial charge in [0, 0.05) is 10.6 Å². The van der Waals surface area contributed by atoms with Gasteiger partial charge in [-0.05, 0) is 19.1 Å². The molecule has 0 spiro atoms. The molecule has 0 bridgehead atoms. The predicted molar refractivity (Wildman–Crippen MR) is 65.3 cm³/mol. The van der Waals surface area contributed by atoms with Gasteiger partial charge in [0.15, 0.2) is 0 Å². The lowest BCUT2D eigenvalue weighted by Crippen LogP contribution is -2.39. The van der Waals surface area contributed by atoms with Crippen molar-refractivity contribution in [1.82, 2.24) is 0 Å². The van der Waals surface area contributed by atoms with E-state index in [9.17, 15) is 5.11 Å². The first-order chi connectivity index (χ1) is 8.08. The number of rotatable bonds is 3. The zero-order valence-electron chi connectivity index (χ0n) is 9.60. The van der Waals surface area contributed by atoms with Crippen molar-refractivity contribution in [3.05, 3.63) is 28.8 Å². The fourth-order valence-electron chi connectivity index (χ4n) is 1.80. The largest absolute Gasteiger partial charge is 0.490 e. The molecule has 0 saturated heterocycles. The molecule has 3 N–H and O–H groups in total. The van der Waals surface area contributed by atoms with Crippen molar-refractivity contribution in [2.45, 2.75) is 25.2 Å². The first-order valence-corrected chi connectivity index (χ1v) is 5.93.